The van der Waals surface area contributed by atoms with Gasteiger partial charge in [0, 0.05) is 12.6 Å². The standard InChI is InChI=1S/C17H20N2O2/c1-3-14(19-15-5-4-9-18-17(15)20-2)12-6-7-16-13(11-12)8-10-21-16/h4-7,9,11,14,19H,3,8,10H2,1-2H3. The number of methoxy groups -OCH3 is 1. The van der Waals surface area contributed by atoms with E-state index < -0.39 is 0 Å². The first kappa shape index (κ1) is 13.7. The van der Waals surface area contributed by atoms with Gasteiger partial charge >= 0.3 is 0 Å². The third-order valence-electron chi connectivity index (χ3n) is 3.82. The Balaban J connectivity index is 1.85. The molecule has 1 aromatic heterocycles. The molecule has 110 valence electrons. The zero-order chi connectivity index (χ0) is 14.7. The van der Waals surface area contributed by atoms with E-state index in [1.54, 1.807) is 13.3 Å². The molecule has 2 heterocycles. The fourth-order valence-corrected chi connectivity index (χ4v) is 2.70. The summed E-state index contributed by atoms with van der Waals surface area (Å²) in [5, 5.41) is 3.53. The van der Waals surface area contributed by atoms with E-state index in [2.05, 4.69) is 35.4 Å². The number of hydrogen-bond donors (Lipinski definition) is 1. The molecule has 4 heteroatoms. The van der Waals surface area contributed by atoms with E-state index in [-0.39, 0.29) is 6.04 Å². The molecule has 1 atom stereocenters. The van der Waals surface area contributed by atoms with Crippen LogP contribution in [0.3, 0.4) is 0 Å². The molecule has 1 unspecified atom stereocenters. The van der Waals surface area contributed by atoms with Gasteiger partial charge < -0.3 is 14.8 Å². The fourth-order valence-electron chi connectivity index (χ4n) is 2.70. The number of anilines is 1. The number of fused-ring (bicyclic) bond motifs is 1. The molecule has 0 saturated carbocycles. The fraction of sp³-hybridized carbons (Fsp3) is 0.353. The van der Waals surface area contributed by atoms with Gasteiger partial charge in [0.25, 0.3) is 0 Å². The molecule has 21 heavy (non-hydrogen) atoms. The van der Waals surface area contributed by atoms with E-state index in [0.717, 1.165) is 30.9 Å². The quantitative estimate of drug-likeness (QED) is 0.911. The van der Waals surface area contributed by atoms with Gasteiger partial charge in [-0.25, -0.2) is 4.98 Å². The minimum atomic E-state index is 0.231. The Morgan fingerprint density at radius 1 is 1.38 bits per heavy atom. The molecule has 0 amide bonds. The zero-order valence-electron chi connectivity index (χ0n) is 12.4. The first-order valence-corrected chi connectivity index (χ1v) is 7.33. The summed E-state index contributed by atoms with van der Waals surface area (Å²) in [6.07, 6.45) is 3.71. The molecule has 1 aliphatic rings. The van der Waals surface area contributed by atoms with Crippen LogP contribution in [0, 0.1) is 0 Å². The number of aromatic nitrogens is 1. The van der Waals surface area contributed by atoms with Crippen LogP contribution in [-0.2, 0) is 6.42 Å². The molecular weight excluding hydrogens is 264 g/mol. The van der Waals surface area contributed by atoms with Crippen molar-refractivity contribution < 1.29 is 9.47 Å². The van der Waals surface area contributed by atoms with Gasteiger partial charge in [-0.15, -0.1) is 0 Å². The van der Waals surface area contributed by atoms with Crippen molar-refractivity contribution in [1.82, 2.24) is 4.98 Å². The Hall–Kier alpha value is -2.23. The highest BCUT2D eigenvalue weighted by atomic mass is 16.5. The van der Waals surface area contributed by atoms with Crippen LogP contribution in [0.5, 0.6) is 11.6 Å². The van der Waals surface area contributed by atoms with Crippen molar-refractivity contribution in [3.8, 4) is 11.6 Å². The number of pyridine rings is 1. The average molecular weight is 284 g/mol. The van der Waals surface area contributed by atoms with Crippen molar-refractivity contribution in [2.24, 2.45) is 0 Å². The normalized spacial score (nSPS) is 14.2. The molecule has 0 bridgehead atoms. The second-order valence-corrected chi connectivity index (χ2v) is 5.13. The molecule has 2 aromatic rings. The number of nitrogens with one attached hydrogen (secondary N) is 1. The predicted molar refractivity (Wildman–Crippen MR) is 83.1 cm³/mol. The number of benzene rings is 1. The van der Waals surface area contributed by atoms with E-state index >= 15 is 0 Å². The van der Waals surface area contributed by atoms with Crippen LogP contribution in [0.25, 0.3) is 0 Å². The van der Waals surface area contributed by atoms with Gasteiger partial charge in [0.05, 0.1) is 25.4 Å². The topological polar surface area (TPSA) is 43.4 Å². The van der Waals surface area contributed by atoms with E-state index in [0.29, 0.717) is 5.88 Å². The SMILES string of the molecule is CCC(Nc1cccnc1OC)c1ccc2c(c1)CCO2. The van der Waals surface area contributed by atoms with E-state index in [1.165, 1.54) is 11.1 Å². The van der Waals surface area contributed by atoms with Crippen molar-refractivity contribution in [2.75, 3.05) is 19.0 Å². The molecule has 4 nitrogen and oxygen atoms in total. The van der Waals surface area contributed by atoms with Gasteiger partial charge in [-0.05, 0) is 41.8 Å². The summed E-state index contributed by atoms with van der Waals surface area (Å²) >= 11 is 0. The minimum Gasteiger partial charge on any atom is -0.493 e. The summed E-state index contributed by atoms with van der Waals surface area (Å²) in [5.41, 5.74) is 3.49. The second-order valence-electron chi connectivity index (χ2n) is 5.13. The summed E-state index contributed by atoms with van der Waals surface area (Å²) in [4.78, 5) is 4.23. The maximum Gasteiger partial charge on any atom is 0.237 e. The van der Waals surface area contributed by atoms with Crippen LogP contribution >= 0.6 is 0 Å². The first-order valence-electron chi connectivity index (χ1n) is 7.33. The number of rotatable bonds is 5. The minimum absolute atomic E-state index is 0.231. The Morgan fingerprint density at radius 2 is 2.29 bits per heavy atom. The van der Waals surface area contributed by atoms with Crippen LogP contribution in [-0.4, -0.2) is 18.7 Å². The van der Waals surface area contributed by atoms with Crippen molar-refractivity contribution in [3.63, 3.8) is 0 Å². The number of ether oxygens (including phenoxy) is 2. The van der Waals surface area contributed by atoms with E-state index in [1.807, 2.05) is 12.1 Å². The van der Waals surface area contributed by atoms with Crippen molar-refractivity contribution in [1.29, 1.82) is 0 Å². The average Bonchev–Trinajstić information content (AvgIpc) is 3.00. The van der Waals surface area contributed by atoms with Crippen molar-refractivity contribution in [2.45, 2.75) is 25.8 Å². The molecule has 0 radical (unpaired) electrons. The second kappa shape index (κ2) is 6.04. The van der Waals surface area contributed by atoms with Crippen LogP contribution < -0.4 is 14.8 Å². The summed E-state index contributed by atoms with van der Waals surface area (Å²) in [6.45, 7) is 2.96. The molecular formula is C17H20N2O2. The molecule has 1 aromatic carbocycles. The molecule has 0 fully saturated rings. The Kier molecular flexibility index (Phi) is 3.95. The molecule has 0 spiro atoms. The lowest BCUT2D eigenvalue weighted by molar-refractivity contribution is 0.357. The molecule has 0 saturated heterocycles. The van der Waals surface area contributed by atoms with Crippen molar-refractivity contribution >= 4 is 5.69 Å². The summed E-state index contributed by atoms with van der Waals surface area (Å²) < 4.78 is 10.9. The highest BCUT2D eigenvalue weighted by Gasteiger charge is 2.17. The third kappa shape index (κ3) is 2.79. The summed E-state index contributed by atoms with van der Waals surface area (Å²) in [5.74, 6) is 1.65. The van der Waals surface area contributed by atoms with Crippen LogP contribution in [0.15, 0.2) is 36.5 Å². The summed E-state index contributed by atoms with van der Waals surface area (Å²) in [6, 6.07) is 10.6. The number of hydrogen-bond acceptors (Lipinski definition) is 4. The lowest BCUT2D eigenvalue weighted by Crippen LogP contribution is -2.11. The highest BCUT2D eigenvalue weighted by molar-refractivity contribution is 5.54. The van der Waals surface area contributed by atoms with Crippen LogP contribution in [0.2, 0.25) is 0 Å². The zero-order valence-corrected chi connectivity index (χ0v) is 12.4. The van der Waals surface area contributed by atoms with Gasteiger partial charge in [-0.1, -0.05) is 13.0 Å². The summed E-state index contributed by atoms with van der Waals surface area (Å²) in [7, 11) is 1.64. The number of nitrogens with zero attached hydrogens (tertiary/aromatic N) is 1. The maximum atomic E-state index is 5.57. The van der Waals surface area contributed by atoms with Crippen LogP contribution in [0.1, 0.15) is 30.5 Å². The molecule has 1 N–H and O–H groups in total. The highest BCUT2D eigenvalue weighted by Crippen LogP contribution is 2.32. The third-order valence-corrected chi connectivity index (χ3v) is 3.82. The van der Waals surface area contributed by atoms with Gasteiger partial charge in [0.2, 0.25) is 5.88 Å². The van der Waals surface area contributed by atoms with E-state index in [9.17, 15) is 0 Å². The van der Waals surface area contributed by atoms with Gasteiger partial charge in [-0.2, -0.15) is 0 Å². The van der Waals surface area contributed by atoms with Gasteiger partial charge in [-0.3, -0.25) is 0 Å². The van der Waals surface area contributed by atoms with Gasteiger partial charge in [0.15, 0.2) is 0 Å². The Morgan fingerprint density at radius 3 is 3.10 bits per heavy atom. The smallest absolute Gasteiger partial charge is 0.237 e. The van der Waals surface area contributed by atoms with E-state index in [4.69, 9.17) is 9.47 Å². The molecule has 1 aliphatic heterocycles. The predicted octanol–water partition coefficient (Wildman–Crippen LogP) is 3.59. The molecule has 3 rings (SSSR count). The lowest BCUT2D eigenvalue weighted by atomic mass is 10.0. The Labute approximate surface area is 125 Å². The maximum absolute atomic E-state index is 5.57. The van der Waals surface area contributed by atoms with Crippen LogP contribution in [0.4, 0.5) is 5.69 Å². The Bertz CT molecular complexity index is 628. The van der Waals surface area contributed by atoms with Crippen molar-refractivity contribution in [3.05, 3.63) is 47.7 Å². The monoisotopic (exact) mass is 284 g/mol. The lowest BCUT2D eigenvalue weighted by Gasteiger charge is -2.20. The van der Waals surface area contributed by atoms with Gasteiger partial charge in [0.1, 0.15) is 5.75 Å². The largest absolute Gasteiger partial charge is 0.493 e. The first-order chi connectivity index (χ1) is 10.3. The molecule has 0 aliphatic carbocycles.